The highest BCUT2D eigenvalue weighted by Gasteiger charge is 2.25. The maximum Gasteiger partial charge on any atom is 0.159 e. The van der Waals surface area contributed by atoms with Gasteiger partial charge in [0.1, 0.15) is 11.4 Å². The molecular formula is C26H32N6O. The molecule has 1 saturated carbocycles. The van der Waals surface area contributed by atoms with E-state index in [4.69, 9.17) is 9.72 Å². The number of nitrogens with one attached hydrogen (secondary N) is 2. The van der Waals surface area contributed by atoms with E-state index in [0.29, 0.717) is 0 Å². The monoisotopic (exact) mass is 444 g/mol. The lowest BCUT2D eigenvalue weighted by molar-refractivity contribution is 0.148. The van der Waals surface area contributed by atoms with E-state index in [2.05, 4.69) is 50.1 Å². The second-order valence-electron chi connectivity index (χ2n) is 9.49. The molecule has 3 heterocycles. The van der Waals surface area contributed by atoms with Gasteiger partial charge in [0.15, 0.2) is 5.82 Å². The van der Waals surface area contributed by atoms with Crippen LogP contribution >= 0.6 is 0 Å². The third kappa shape index (κ3) is 3.64. The Morgan fingerprint density at radius 3 is 2.58 bits per heavy atom. The van der Waals surface area contributed by atoms with Crippen molar-refractivity contribution in [2.75, 3.05) is 38.2 Å². The zero-order valence-corrected chi connectivity index (χ0v) is 19.5. The van der Waals surface area contributed by atoms with Gasteiger partial charge in [-0.1, -0.05) is 19.3 Å². The van der Waals surface area contributed by atoms with Crippen LogP contribution in [0.4, 0.5) is 5.69 Å². The summed E-state index contributed by atoms with van der Waals surface area (Å²) in [6.45, 7) is 6.57. The van der Waals surface area contributed by atoms with Gasteiger partial charge in [0.05, 0.1) is 23.7 Å². The first kappa shape index (κ1) is 20.5. The molecule has 1 aliphatic carbocycles. The van der Waals surface area contributed by atoms with E-state index in [1.807, 2.05) is 12.1 Å². The number of hydrogen-bond acceptors (Lipinski definition) is 5. The van der Waals surface area contributed by atoms with Gasteiger partial charge in [0.2, 0.25) is 0 Å². The molecule has 0 unspecified atom stereocenters. The average Bonchev–Trinajstić information content (AvgIpc) is 3.49. The Kier molecular flexibility index (Phi) is 5.21. The number of anilines is 1. The summed E-state index contributed by atoms with van der Waals surface area (Å²) in [5, 5.41) is 8.76. The molecule has 2 aliphatic rings. The highest BCUT2D eigenvalue weighted by atomic mass is 16.5. The first-order valence-electron chi connectivity index (χ1n) is 12.2. The molecule has 2 aromatic carbocycles. The maximum atomic E-state index is 5.52. The van der Waals surface area contributed by atoms with Crippen molar-refractivity contribution in [3.8, 4) is 17.3 Å². The van der Waals surface area contributed by atoms with E-state index in [1.165, 1.54) is 37.8 Å². The summed E-state index contributed by atoms with van der Waals surface area (Å²) in [5.74, 6) is 1.64. The minimum Gasteiger partial charge on any atom is -0.496 e. The number of aromatic amines is 2. The fourth-order valence-corrected chi connectivity index (χ4v) is 5.75. The summed E-state index contributed by atoms with van der Waals surface area (Å²) in [4.78, 5) is 13.6. The van der Waals surface area contributed by atoms with Crippen molar-refractivity contribution in [2.45, 2.75) is 45.1 Å². The van der Waals surface area contributed by atoms with E-state index < -0.39 is 0 Å². The Labute approximate surface area is 194 Å². The van der Waals surface area contributed by atoms with E-state index in [9.17, 15) is 0 Å². The maximum absolute atomic E-state index is 5.52. The van der Waals surface area contributed by atoms with Crippen molar-refractivity contribution >= 4 is 27.6 Å². The van der Waals surface area contributed by atoms with E-state index in [0.717, 1.165) is 77.0 Å². The number of aryl methyl sites for hydroxylation is 1. The average molecular weight is 445 g/mol. The number of benzene rings is 2. The van der Waals surface area contributed by atoms with Crippen LogP contribution in [0, 0.1) is 6.92 Å². The summed E-state index contributed by atoms with van der Waals surface area (Å²) in [7, 11) is 1.70. The van der Waals surface area contributed by atoms with Crippen molar-refractivity contribution in [3.05, 3.63) is 35.9 Å². The quantitative estimate of drug-likeness (QED) is 0.469. The molecule has 0 spiro atoms. The predicted octanol–water partition coefficient (Wildman–Crippen LogP) is 4.88. The molecule has 7 nitrogen and oxygen atoms in total. The first-order chi connectivity index (χ1) is 16.2. The second kappa shape index (κ2) is 8.37. The molecule has 2 aromatic heterocycles. The molecular weight excluding hydrogens is 412 g/mol. The van der Waals surface area contributed by atoms with Crippen LogP contribution in [0.15, 0.2) is 30.3 Å². The number of rotatable bonds is 4. The highest BCUT2D eigenvalue weighted by Crippen LogP contribution is 2.34. The van der Waals surface area contributed by atoms with Crippen LogP contribution in [0.25, 0.3) is 33.5 Å². The summed E-state index contributed by atoms with van der Waals surface area (Å²) in [6, 6.07) is 11.4. The fraction of sp³-hybridized carbons (Fsp3) is 0.462. The zero-order chi connectivity index (χ0) is 22.4. The number of aromatic nitrogens is 4. The van der Waals surface area contributed by atoms with Gasteiger partial charge in [0.25, 0.3) is 0 Å². The summed E-state index contributed by atoms with van der Waals surface area (Å²) < 4.78 is 5.52. The van der Waals surface area contributed by atoms with Gasteiger partial charge in [-0.3, -0.25) is 10.00 Å². The number of fused-ring (bicyclic) bond motifs is 2. The number of methoxy groups -OCH3 is 1. The van der Waals surface area contributed by atoms with Crippen molar-refractivity contribution in [2.24, 2.45) is 0 Å². The minimum atomic E-state index is 0.784. The van der Waals surface area contributed by atoms with Crippen LogP contribution in [-0.4, -0.2) is 64.4 Å². The van der Waals surface area contributed by atoms with Crippen LogP contribution in [-0.2, 0) is 0 Å². The lowest BCUT2D eigenvalue weighted by Crippen LogP contribution is -2.50. The predicted molar refractivity (Wildman–Crippen MR) is 133 cm³/mol. The van der Waals surface area contributed by atoms with Gasteiger partial charge in [-0.25, -0.2) is 4.98 Å². The van der Waals surface area contributed by atoms with Gasteiger partial charge in [-0.15, -0.1) is 0 Å². The fourth-order valence-electron chi connectivity index (χ4n) is 5.75. The molecule has 0 atom stereocenters. The Morgan fingerprint density at radius 1 is 0.970 bits per heavy atom. The summed E-state index contributed by atoms with van der Waals surface area (Å²) in [5.41, 5.74) is 6.17. The molecule has 33 heavy (non-hydrogen) atoms. The molecule has 2 N–H and O–H groups in total. The standard InChI is InChI=1S/C26H32N6O/c1-17-23(33-2)11-10-21-24(17)25(30-29-21)26-27-20-9-8-19(16-22(20)28-26)32-14-12-31(13-15-32)18-6-4-3-5-7-18/h8-11,16,18H,3-7,12-15H2,1-2H3,(H,27,28)(H,29,30). The molecule has 1 saturated heterocycles. The van der Waals surface area contributed by atoms with Gasteiger partial charge in [-0.05, 0) is 50.1 Å². The molecule has 6 rings (SSSR count). The summed E-state index contributed by atoms with van der Waals surface area (Å²) >= 11 is 0. The van der Waals surface area contributed by atoms with E-state index >= 15 is 0 Å². The number of hydrogen-bond donors (Lipinski definition) is 2. The lowest BCUT2D eigenvalue weighted by Gasteiger charge is -2.41. The van der Waals surface area contributed by atoms with Gasteiger partial charge >= 0.3 is 0 Å². The molecule has 0 radical (unpaired) electrons. The Balaban J connectivity index is 1.25. The van der Waals surface area contributed by atoms with Crippen molar-refractivity contribution in [1.29, 1.82) is 0 Å². The second-order valence-corrected chi connectivity index (χ2v) is 9.49. The van der Waals surface area contributed by atoms with Crippen molar-refractivity contribution < 1.29 is 4.74 Å². The number of H-pyrrole nitrogens is 2. The Morgan fingerprint density at radius 2 is 1.79 bits per heavy atom. The molecule has 0 bridgehead atoms. The molecule has 2 fully saturated rings. The zero-order valence-electron chi connectivity index (χ0n) is 19.5. The van der Waals surface area contributed by atoms with Crippen LogP contribution in [0.5, 0.6) is 5.75 Å². The SMILES string of the molecule is COc1ccc2[nH]nc(-c3nc4ccc(N5CCN(C6CCCCC6)CC5)cc4[nH]3)c2c1C. The number of imidazole rings is 1. The van der Waals surface area contributed by atoms with Crippen LogP contribution in [0.1, 0.15) is 37.7 Å². The number of piperazine rings is 1. The Bertz CT molecular complexity index is 1280. The van der Waals surface area contributed by atoms with Gasteiger partial charge in [0, 0.05) is 48.9 Å². The first-order valence-corrected chi connectivity index (χ1v) is 12.2. The van der Waals surface area contributed by atoms with Crippen LogP contribution in [0.3, 0.4) is 0 Å². The number of nitrogens with zero attached hydrogens (tertiary/aromatic N) is 4. The van der Waals surface area contributed by atoms with E-state index in [1.54, 1.807) is 7.11 Å². The third-order valence-corrected chi connectivity index (χ3v) is 7.62. The smallest absolute Gasteiger partial charge is 0.159 e. The van der Waals surface area contributed by atoms with E-state index in [-0.39, 0.29) is 0 Å². The van der Waals surface area contributed by atoms with Crippen LogP contribution in [0.2, 0.25) is 0 Å². The van der Waals surface area contributed by atoms with Gasteiger partial charge < -0.3 is 14.6 Å². The molecule has 4 aromatic rings. The third-order valence-electron chi connectivity index (χ3n) is 7.62. The summed E-state index contributed by atoms with van der Waals surface area (Å²) in [6.07, 6.45) is 7.00. The minimum absolute atomic E-state index is 0.784. The molecule has 7 heteroatoms. The number of ether oxygens (including phenoxy) is 1. The van der Waals surface area contributed by atoms with Crippen LogP contribution < -0.4 is 9.64 Å². The molecule has 1 aliphatic heterocycles. The molecule has 172 valence electrons. The molecule has 0 amide bonds. The van der Waals surface area contributed by atoms with Gasteiger partial charge in [-0.2, -0.15) is 5.10 Å². The van der Waals surface area contributed by atoms with Crippen molar-refractivity contribution in [3.63, 3.8) is 0 Å². The lowest BCUT2D eigenvalue weighted by atomic mass is 9.94. The highest BCUT2D eigenvalue weighted by molar-refractivity contribution is 5.96. The topological polar surface area (TPSA) is 73.1 Å². The van der Waals surface area contributed by atoms with Crippen molar-refractivity contribution in [1.82, 2.24) is 25.1 Å². The Hall–Kier alpha value is -3.06. The largest absolute Gasteiger partial charge is 0.496 e. The normalized spacial score (nSPS) is 18.4.